The Morgan fingerprint density at radius 1 is 0.267 bits per heavy atom. The molecule has 0 aliphatic carbocycles. The van der Waals surface area contributed by atoms with Crippen molar-refractivity contribution in [1.82, 2.24) is 0 Å². The van der Waals surface area contributed by atoms with Gasteiger partial charge in [-0.25, -0.2) is 36.0 Å². The van der Waals surface area contributed by atoms with Crippen molar-refractivity contribution >= 4 is 81.9 Å². The maximum Gasteiger partial charge on any atom is 2.00 e. The van der Waals surface area contributed by atoms with Crippen LogP contribution in [-0.2, 0) is 39.2 Å². The van der Waals surface area contributed by atoms with E-state index in [9.17, 15) is 45.1 Å². The van der Waals surface area contributed by atoms with Crippen molar-refractivity contribution in [1.29, 1.82) is 0 Å². The van der Waals surface area contributed by atoms with E-state index in [4.69, 9.17) is 18.9 Å². The number of carbonyl (C=O) groups is 4. The van der Waals surface area contributed by atoms with Crippen molar-refractivity contribution in [3.63, 3.8) is 0 Å². The predicted octanol–water partition coefficient (Wildman–Crippen LogP) is 27.0. The van der Waals surface area contributed by atoms with Crippen molar-refractivity contribution in [2.45, 2.75) is 423 Å². The number of hydrogen-bond donors (Lipinski definition) is 0. The Hall–Kier alpha value is -3.64. The summed E-state index contributed by atoms with van der Waals surface area (Å²) in [6.07, 6.45) is 86.2. The van der Waals surface area contributed by atoms with Gasteiger partial charge in [0, 0.05) is 0 Å². The molecule has 0 N–H and O–H groups in total. The molecule has 596 valence electrons. The number of allylic oxidation sites excluding steroid dienone is 4. The van der Waals surface area contributed by atoms with Gasteiger partial charge in [-0.3, -0.25) is 0 Å². The first-order valence-electron chi connectivity index (χ1n) is 42.3. The largest absolute Gasteiger partial charge is 2.00 e. The maximum absolute atomic E-state index is 12.9. The van der Waals surface area contributed by atoms with Crippen LogP contribution in [0, 0.1) is 0 Å². The number of hydrogen-bond acceptors (Lipinski definition) is 14. The molecule has 0 saturated carbocycles. The molecular formula is C88H146CaO14S2. The van der Waals surface area contributed by atoms with E-state index in [0.717, 1.165) is 76.3 Å². The zero-order chi connectivity index (χ0) is 75.9. The van der Waals surface area contributed by atoms with Gasteiger partial charge in [0.2, 0.25) is 0 Å². The molecule has 0 unspecified atom stereocenters. The van der Waals surface area contributed by atoms with Crippen LogP contribution in [-0.4, -0.2) is 87.6 Å². The number of ether oxygens (including phenoxy) is 4. The van der Waals surface area contributed by atoms with E-state index in [-0.39, 0.29) is 48.9 Å². The molecule has 105 heavy (non-hydrogen) atoms. The second kappa shape index (κ2) is 73.2. The van der Waals surface area contributed by atoms with Crippen LogP contribution in [0.5, 0.6) is 0 Å². The number of benzene rings is 2. The topological polar surface area (TPSA) is 220 Å². The molecule has 0 heterocycles. The summed E-state index contributed by atoms with van der Waals surface area (Å²) < 4.78 is 92.4. The first kappa shape index (κ1) is 101. The minimum atomic E-state index is -5.05. The van der Waals surface area contributed by atoms with E-state index in [1.54, 1.807) is 24.3 Å². The average Bonchev–Trinajstić information content (AvgIpc) is 0.799. The van der Waals surface area contributed by atoms with E-state index in [1.165, 1.54) is 358 Å². The Morgan fingerprint density at radius 2 is 0.429 bits per heavy atom. The van der Waals surface area contributed by atoms with Gasteiger partial charge < -0.3 is 28.1 Å². The second-order valence-electron chi connectivity index (χ2n) is 28.9. The third kappa shape index (κ3) is 58.9. The van der Waals surface area contributed by atoms with Crippen LogP contribution < -0.4 is 0 Å². The second-order valence-corrected chi connectivity index (χ2v) is 31.6. The van der Waals surface area contributed by atoms with Crippen molar-refractivity contribution < 1.29 is 64.1 Å². The molecule has 0 aromatic heterocycles. The molecule has 0 atom stereocenters. The summed E-state index contributed by atoms with van der Waals surface area (Å²) >= 11 is 0. The van der Waals surface area contributed by atoms with Crippen LogP contribution in [0.25, 0.3) is 0 Å². The molecule has 0 fully saturated rings. The summed E-state index contributed by atoms with van der Waals surface area (Å²) in [6, 6.07) is 6.99. The molecule has 0 spiro atoms. The monoisotopic (exact) mass is 1530 g/mol. The molecule has 0 amide bonds. The van der Waals surface area contributed by atoms with Crippen LogP contribution in [0.2, 0.25) is 0 Å². The first-order valence-corrected chi connectivity index (χ1v) is 45.1. The Bertz CT molecular complexity index is 2610. The summed E-state index contributed by atoms with van der Waals surface area (Å²) in [7, 11) is -10.1. The fraction of sp³-hybridized carbons (Fsp3) is 0.727. The van der Waals surface area contributed by atoms with Crippen LogP contribution >= 0.6 is 0 Å². The van der Waals surface area contributed by atoms with Gasteiger partial charge in [-0.2, -0.15) is 0 Å². The van der Waals surface area contributed by atoms with Crippen molar-refractivity contribution in [2.24, 2.45) is 0 Å². The number of carbonyl (C=O) groups excluding carboxylic acids is 4. The maximum atomic E-state index is 12.9. The van der Waals surface area contributed by atoms with E-state index in [0.29, 0.717) is 12.8 Å². The third-order valence-electron chi connectivity index (χ3n) is 19.4. The van der Waals surface area contributed by atoms with Crippen molar-refractivity contribution in [3.05, 3.63) is 108 Å². The van der Waals surface area contributed by atoms with Gasteiger partial charge in [0.25, 0.3) is 0 Å². The van der Waals surface area contributed by atoms with Crippen molar-refractivity contribution in [3.8, 4) is 0 Å². The standard InChI is InChI=1S/2C44H74O7S.Ca/c2*1-3-5-7-9-11-13-15-17-19-21-23-25-27-29-31-33-38-50-43(45)40-36-35-37-41(52(47,48)49)42(40)44(46)51-39-34-32-30-28-26-24-22-20-18-16-14-12-10-8-6-4-2;/h2*33-39H,3-32H2,1-2H3,(H,47,48,49);/q;;+2/p-2/b2*38-33+,39-34+;. The Kier molecular flexibility index (Phi) is 70.6. The average molecular weight is 1530 g/mol. The summed E-state index contributed by atoms with van der Waals surface area (Å²) in [5.74, 6) is -4.04. The van der Waals surface area contributed by atoms with Crippen LogP contribution in [0.4, 0.5) is 0 Å². The SMILES string of the molecule is CCCCCCCCCCCCCCCC/C=C/OC(=O)c1cccc(S(=O)(=O)[O-])c1C(=O)O/C=C/CCCCCCCCCCCCCCCC.CCCCCCCCCCCCCCCC/C=C/OC(=O)c1cccc(S(=O)(=O)[O-])c1C(=O)O/C=C/CCCCCCCCCCCCCCCC.[Ca+2]. The Morgan fingerprint density at radius 3 is 0.600 bits per heavy atom. The van der Waals surface area contributed by atoms with Gasteiger partial charge in [-0.1, -0.05) is 374 Å². The van der Waals surface area contributed by atoms with Gasteiger partial charge in [0.05, 0.1) is 57.1 Å². The Labute approximate surface area is 671 Å². The number of rotatable bonds is 70. The normalized spacial score (nSPS) is 11.8. The summed E-state index contributed by atoms with van der Waals surface area (Å²) in [5.41, 5.74) is -1.88. The molecule has 0 radical (unpaired) electrons. The van der Waals surface area contributed by atoms with Crippen LogP contribution in [0.15, 0.2) is 95.5 Å². The van der Waals surface area contributed by atoms with E-state index >= 15 is 0 Å². The summed E-state index contributed by atoms with van der Waals surface area (Å²) in [6.45, 7) is 9.01. The fourth-order valence-electron chi connectivity index (χ4n) is 13.0. The molecule has 0 bridgehead atoms. The molecule has 2 rings (SSSR count). The van der Waals surface area contributed by atoms with Gasteiger partial charge in [-0.15, -0.1) is 0 Å². The third-order valence-corrected chi connectivity index (χ3v) is 21.2. The zero-order valence-corrected chi connectivity index (χ0v) is 70.6. The summed E-state index contributed by atoms with van der Waals surface area (Å²) in [4.78, 5) is 49.9. The molecular weight excluding hydrogens is 1390 g/mol. The minimum absolute atomic E-state index is 0. The zero-order valence-electron chi connectivity index (χ0n) is 66.7. The summed E-state index contributed by atoms with van der Waals surface area (Å²) in [5, 5.41) is 0. The van der Waals surface area contributed by atoms with Crippen LogP contribution in [0.1, 0.15) is 454 Å². The molecule has 0 aliphatic rings. The van der Waals surface area contributed by atoms with E-state index in [1.807, 2.05) is 0 Å². The predicted molar refractivity (Wildman–Crippen MR) is 433 cm³/mol. The van der Waals surface area contributed by atoms with E-state index < -0.39 is 65.0 Å². The van der Waals surface area contributed by atoms with Gasteiger partial charge >= 0.3 is 61.6 Å². The number of unbranched alkanes of at least 4 members (excludes halogenated alkanes) is 56. The molecule has 0 saturated heterocycles. The quantitative estimate of drug-likeness (QED) is 0.0150. The minimum Gasteiger partial charge on any atom is -0.744 e. The Balaban J connectivity index is 0.00000204. The van der Waals surface area contributed by atoms with E-state index in [2.05, 4.69) is 27.7 Å². The molecule has 2 aromatic rings. The van der Waals surface area contributed by atoms with Gasteiger partial charge in [0.15, 0.2) is 0 Å². The molecule has 14 nitrogen and oxygen atoms in total. The van der Waals surface area contributed by atoms with Crippen LogP contribution in [0.3, 0.4) is 0 Å². The fourth-order valence-corrected chi connectivity index (χ4v) is 14.4. The van der Waals surface area contributed by atoms with Gasteiger partial charge in [0.1, 0.15) is 20.2 Å². The van der Waals surface area contributed by atoms with Gasteiger partial charge in [-0.05, 0) is 99.9 Å². The van der Waals surface area contributed by atoms with Crippen molar-refractivity contribution in [2.75, 3.05) is 0 Å². The molecule has 2 aromatic carbocycles. The molecule has 0 aliphatic heterocycles. The smallest absolute Gasteiger partial charge is 0.744 e. The molecule has 17 heteroatoms. The number of esters is 4. The first-order chi connectivity index (χ1) is 50.6.